The van der Waals surface area contributed by atoms with E-state index in [1.807, 2.05) is 0 Å². The van der Waals surface area contributed by atoms with Gasteiger partial charge in [0, 0.05) is 31.9 Å². The highest BCUT2D eigenvalue weighted by atomic mass is 16.5. The summed E-state index contributed by atoms with van der Waals surface area (Å²) in [6.45, 7) is 7.54. The minimum absolute atomic E-state index is 0.0109. The molecule has 1 heterocycles. The number of rotatable bonds is 6. The maximum Gasteiger partial charge on any atom is 0.0696 e. The van der Waals surface area contributed by atoms with Crippen molar-refractivity contribution in [1.29, 1.82) is 0 Å². The van der Waals surface area contributed by atoms with Crippen LogP contribution in [-0.4, -0.2) is 37.2 Å². The molecule has 0 saturated carbocycles. The van der Waals surface area contributed by atoms with E-state index in [1.54, 1.807) is 7.11 Å². The second-order valence-corrected chi connectivity index (χ2v) is 7.31. The zero-order valence-corrected chi connectivity index (χ0v) is 15.6. The summed E-state index contributed by atoms with van der Waals surface area (Å²) in [5.74, 6) is 0.493. The van der Waals surface area contributed by atoms with Gasteiger partial charge in [0.25, 0.3) is 0 Å². The van der Waals surface area contributed by atoms with E-state index in [0.29, 0.717) is 12.0 Å². The lowest BCUT2D eigenvalue weighted by Crippen LogP contribution is -2.58. The summed E-state index contributed by atoms with van der Waals surface area (Å²) in [5, 5.41) is 3.79. The molecule has 3 rings (SSSR count). The third-order valence-corrected chi connectivity index (χ3v) is 5.70. The highest BCUT2D eigenvalue weighted by Gasteiger charge is 2.41. The van der Waals surface area contributed by atoms with Gasteiger partial charge in [0.1, 0.15) is 0 Å². The molecule has 1 aliphatic rings. The fourth-order valence-corrected chi connectivity index (χ4v) is 4.00. The van der Waals surface area contributed by atoms with Gasteiger partial charge in [-0.25, -0.2) is 0 Å². The first-order chi connectivity index (χ1) is 12.1. The van der Waals surface area contributed by atoms with Crippen LogP contribution >= 0.6 is 0 Å². The maximum absolute atomic E-state index is 5.63. The number of nitrogens with zero attached hydrogens (tertiary/aromatic N) is 1. The quantitative estimate of drug-likeness (QED) is 0.834. The van der Waals surface area contributed by atoms with E-state index in [0.717, 1.165) is 26.1 Å². The molecule has 0 spiro atoms. The van der Waals surface area contributed by atoms with Crippen molar-refractivity contribution in [3.63, 3.8) is 0 Å². The van der Waals surface area contributed by atoms with Crippen molar-refractivity contribution < 1.29 is 4.74 Å². The van der Waals surface area contributed by atoms with Crippen LogP contribution in [0.1, 0.15) is 31.9 Å². The van der Waals surface area contributed by atoms with Crippen molar-refractivity contribution in [3.8, 4) is 0 Å². The largest absolute Gasteiger partial charge is 0.382 e. The van der Waals surface area contributed by atoms with Gasteiger partial charge in [-0.05, 0) is 37.0 Å². The first-order valence-corrected chi connectivity index (χ1v) is 9.26. The molecule has 25 heavy (non-hydrogen) atoms. The lowest BCUT2D eigenvalue weighted by molar-refractivity contribution is 0.0357. The van der Waals surface area contributed by atoms with Crippen molar-refractivity contribution in [1.82, 2.24) is 4.90 Å². The highest BCUT2D eigenvalue weighted by molar-refractivity contribution is 5.46. The number of para-hydroxylation sites is 1. The van der Waals surface area contributed by atoms with Gasteiger partial charge in [-0.2, -0.15) is 0 Å². The van der Waals surface area contributed by atoms with Gasteiger partial charge in [-0.1, -0.05) is 55.5 Å². The molecule has 0 bridgehead atoms. The van der Waals surface area contributed by atoms with E-state index in [1.165, 1.54) is 11.3 Å². The van der Waals surface area contributed by atoms with E-state index >= 15 is 0 Å². The second kappa shape index (κ2) is 8.03. The Hall–Kier alpha value is -1.84. The van der Waals surface area contributed by atoms with Crippen LogP contribution in [0.2, 0.25) is 0 Å². The minimum Gasteiger partial charge on any atom is -0.382 e. The maximum atomic E-state index is 5.63. The Balaban J connectivity index is 1.73. The van der Waals surface area contributed by atoms with Gasteiger partial charge in [0.15, 0.2) is 0 Å². The topological polar surface area (TPSA) is 24.5 Å². The van der Waals surface area contributed by atoms with Crippen LogP contribution in [0.15, 0.2) is 60.7 Å². The average molecular weight is 338 g/mol. The predicted octanol–water partition coefficient (Wildman–Crippen LogP) is 4.59. The van der Waals surface area contributed by atoms with Crippen LogP contribution in [0, 0.1) is 5.92 Å². The third-order valence-electron chi connectivity index (χ3n) is 5.70. The molecular formula is C22H30N2O. The van der Waals surface area contributed by atoms with Gasteiger partial charge in [0.2, 0.25) is 0 Å². The molecule has 0 radical (unpaired) electrons. The lowest BCUT2D eigenvalue weighted by atomic mass is 9.78. The Labute approximate surface area is 152 Å². The third kappa shape index (κ3) is 4.05. The Kier molecular flexibility index (Phi) is 5.77. The first kappa shape index (κ1) is 18.0. The molecule has 1 fully saturated rings. The summed E-state index contributed by atoms with van der Waals surface area (Å²) in [4.78, 5) is 2.60. The van der Waals surface area contributed by atoms with Crippen molar-refractivity contribution >= 4 is 5.69 Å². The fourth-order valence-electron chi connectivity index (χ4n) is 4.00. The molecule has 3 nitrogen and oxygen atoms in total. The van der Waals surface area contributed by atoms with Crippen LogP contribution in [0.3, 0.4) is 0 Å². The fraction of sp³-hybridized carbons (Fsp3) is 0.455. The molecule has 3 heteroatoms. The zero-order chi connectivity index (χ0) is 17.7. The Morgan fingerprint density at radius 3 is 2.36 bits per heavy atom. The number of benzene rings is 2. The number of nitrogens with one attached hydrogen (secondary N) is 1. The number of hydrogen-bond acceptors (Lipinski definition) is 3. The van der Waals surface area contributed by atoms with E-state index in [2.05, 4.69) is 84.7 Å². The monoisotopic (exact) mass is 338 g/mol. The summed E-state index contributed by atoms with van der Waals surface area (Å²) in [5.41, 5.74) is 2.56. The number of methoxy groups -OCH3 is 1. The van der Waals surface area contributed by atoms with Gasteiger partial charge < -0.3 is 10.1 Å². The smallest absolute Gasteiger partial charge is 0.0696 e. The first-order valence-electron chi connectivity index (χ1n) is 9.26. The van der Waals surface area contributed by atoms with Crippen LogP contribution in [0.4, 0.5) is 5.69 Å². The van der Waals surface area contributed by atoms with Crippen molar-refractivity contribution in [2.75, 3.05) is 32.1 Å². The second-order valence-electron chi connectivity index (χ2n) is 7.31. The summed E-state index contributed by atoms with van der Waals surface area (Å²) >= 11 is 0. The molecule has 1 saturated heterocycles. The Bertz CT molecular complexity index is 646. The molecule has 2 aromatic rings. The zero-order valence-electron chi connectivity index (χ0n) is 15.6. The standard InChI is InChI=1S/C22H30N2O/c1-18-16-24(19(2)20-10-6-4-7-11-20)15-14-22(18,17-25-3)23-21-12-8-5-9-13-21/h4-13,18-19,23H,14-17H2,1-3H3/t18-,19?,22-/m0/s1. The normalized spacial score (nSPS) is 25.5. The molecule has 0 amide bonds. The summed E-state index contributed by atoms with van der Waals surface area (Å²) < 4.78 is 5.63. The SMILES string of the molecule is COC[C@@]1(Nc2ccccc2)CCN(C(C)c2ccccc2)C[C@@H]1C. The number of anilines is 1. The van der Waals surface area contributed by atoms with E-state index < -0.39 is 0 Å². The molecule has 1 N–H and O–H groups in total. The summed E-state index contributed by atoms with van der Waals surface area (Å²) in [6, 6.07) is 21.8. The minimum atomic E-state index is -0.0109. The van der Waals surface area contributed by atoms with E-state index in [-0.39, 0.29) is 5.54 Å². The molecule has 0 aromatic heterocycles. The number of likely N-dealkylation sites (tertiary alicyclic amines) is 1. The van der Waals surface area contributed by atoms with Crippen LogP contribution in [0.5, 0.6) is 0 Å². The Morgan fingerprint density at radius 1 is 1.12 bits per heavy atom. The van der Waals surface area contributed by atoms with E-state index in [9.17, 15) is 0 Å². The molecular weight excluding hydrogens is 308 g/mol. The highest BCUT2D eigenvalue weighted by Crippen LogP contribution is 2.35. The van der Waals surface area contributed by atoms with Gasteiger partial charge in [-0.15, -0.1) is 0 Å². The van der Waals surface area contributed by atoms with Crippen molar-refractivity contribution in [2.45, 2.75) is 31.8 Å². The Morgan fingerprint density at radius 2 is 1.76 bits per heavy atom. The number of hydrogen-bond donors (Lipinski definition) is 1. The number of ether oxygens (including phenoxy) is 1. The average Bonchev–Trinajstić information content (AvgIpc) is 2.65. The molecule has 3 atom stereocenters. The van der Waals surface area contributed by atoms with Crippen molar-refractivity contribution in [3.05, 3.63) is 66.2 Å². The van der Waals surface area contributed by atoms with Gasteiger partial charge in [0.05, 0.1) is 12.1 Å². The van der Waals surface area contributed by atoms with Crippen LogP contribution in [0.25, 0.3) is 0 Å². The molecule has 1 aliphatic heterocycles. The van der Waals surface area contributed by atoms with Crippen LogP contribution in [-0.2, 0) is 4.74 Å². The van der Waals surface area contributed by atoms with E-state index in [4.69, 9.17) is 4.74 Å². The molecule has 2 aromatic carbocycles. The molecule has 0 aliphatic carbocycles. The predicted molar refractivity (Wildman–Crippen MR) is 105 cm³/mol. The number of piperidine rings is 1. The molecule has 1 unspecified atom stereocenters. The molecule has 134 valence electrons. The van der Waals surface area contributed by atoms with Crippen molar-refractivity contribution in [2.24, 2.45) is 5.92 Å². The lowest BCUT2D eigenvalue weighted by Gasteiger charge is -2.49. The van der Waals surface area contributed by atoms with Gasteiger partial charge in [-0.3, -0.25) is 4.90 Å². The van der Waals surface area contributed by atoms with Gasteiger partial charge >= 0.3 is 0 Å². The summed E-state index contributed by atoms with van der Waals surface area (Å²) in [6.07, 6.45) is 1.08. The summed E-state index contributed by atoms with van der Waals surface area (Å²) in [7, 11) is 1.81. The van der Waals surface area contributed by atoms with Crippen LogP contribution < -0.4 is 5.32 Å².